The molecule has 2 unspecified atom stereocenters. The van der Waals surface area contributed by atoms with Gasteiger partial charge in [0.1, 0.15) is 5.78 Å². The molecule has 0 aromatic rings. The van der Waals surface area contributed by atoms with E-state index in [2.05, 4.69) is 27.7 Å². The molecule has 0 N–H and O–H groups in total. The molecule has 0 radical (unpaired) electrons. The van der Waals surface area contributed by atoms with Crippen molar-refractivity contribution in [3.63, 3.8) is 0 Å². The van der Waals surface area contributed by atoms with Crippen molar-refractivity contribution in [3.05, 3.63) is 0 Å². The quantitative estimate of drug-likeness (QED) is 0.432. The Hall–Kier alpha value is -0.330. The summed E-state index contributed by atoms with van der Waals surface area (Å²) in [5, 5.41) is 0. The first-order valence-electron chi connectivity index (χ1n) is 8.24. The second-order valence-corrected chi connectivity index (χ2v) is 5.66. The zero-order chi connectivity index (χ0) is 13.8. The molecule has 0 rings (SSSR count). The van der Waals surface area contributed by atoms with Crippen molar-refractivity contribution >= 4 is 5.78 Å². The van der Waals surface area contributed by atoms with Gasteiger partial charge in [0.2, 0.25) is 0 Å². The molecular weight excluding hydrogens is 220 g/mol. The molecule has 0 aliphatic rings. The maximum Gasteiger partial charge on any atom is 0.139 e. The lowest BCUT2D eigenvalue weighted by Crippen LogP contribution is -2.24. The van der Waals surface area contributed by atoms with Crippen molar-refractivity contribution in [3.8, 4) is 0 Å². The van der Waals surface area contributed by atoms with E-state index < -0.39 is 0 Å². The van der Waals surface area contributed by atoms with E-state index in [0.717, 1.165) is 38.5 Å². The molecule has 0 aromatic heterocycles. The molecule has 0 aliphatic heterocycles. The molecular formula is C17H34O. The van der Waals surface area contributed by atoms with E-state index in [1.165, 1.54) is 25.7 Å². The molecule has 0 heterocycles. The standard InChI is InChI=1S/C17H34O/c1-5-9-13-15(11-7-3)17(18)16(12-8-4)14-10-6-2/h15-16H,5-14H2,1-4H3. The summed E-state index contributed by atoms with van der Waals surface area (Å²) in [5.41, 5.74) is 0. The maximum absolute atomic E-state index is 12.6. The largest absolute Gasteiger partial charge is 0.299 e. The fourth-order valence-corrected chi connectivity index (χ4v) is 2.79. The van der Waals surface area contributed by atoms with E-state index in [-0.39, 0.29) is 0 Å². The molecule has 0 fully saturated rings. The first kappa shape index (κ1) is 17.7. The van der Waals surface area contributed by atoms with Gasteiger partial charge < -0.3 is 0 Å². The number of Topliss-reactive ketones (excluding diaryl/α,β-unsaturated/α-hetero) is 1. The van der Waals surface area contributed by atoms with Gasteiger partial charge in [-0.25, -0.2) is 0 Å². The van der Waals surface area contributed by atoms with Gasteiger partial charge in [-0.1, -0.05) is 66.2 Å². The van der Waals surface area contributed by atoms with Gasteiger partial charge in [-0.3, -0.25) is 4.79 Å². The second-order valence-electron chi connectivity index (χ2n) is 5.66. The minimum Gasteiger partial charge on any atom is -0.299 e. The summed E-state index contributed by atoms with van der Waals surface area (Å²) in [6, 6.07) is 0. The monoisotopic (exact) mass is 254 g/mol. The van der Waals surface area contributed by atoms with Crippen molar-refractivity contribution in [1.82, 2.24) is 0 Å². The highest BCUT2D eigenvalue weighted by atomic mass is 16.1. The highest BCUT2D eigenvalue weighted by Gasteiger charge is 2.24. The first-order valence-corrected chi connectivity index (χ1v) is 8.24. The Morgan fingerprint density at radius 3 is 1.33 bits per heavy atom. The summed E-state index contributed by atoms with van der Waals surface area (Å²) >= 11 is 0. The fraction of sp³-hybridized carbons (Fsp3) is 0.941. The van der Waals surface area contributed by atoms with Crippen LogP contribution in [0.4, 0.5) is 0 Å². The fourth-order valence-electron chi connectivity index (χ4n) is 2.79. The lowest BCUT2D eigenvalue weighted by molar-refractivity contribution is -0.127. The first-order chi connectivity index (χ1) is 8.71. The number of hydrogen-bond donors (Lipinski definition) is 0. The van der Waals surface area contributed by atoms with Crippen LogP contribution in [0, 0.1) is 11.8 Å². The molecule has 1 nitrogen and oxygen atoms in total. The van der Waals surface area contributed by atoms with Gasteiger partial charge in [0.25, 0.3) is 0 Å². The molecule has 0 aromatic carbocycles. The number of carbonyl (C=O) groups is 1. The van der Waals surface area contributed by atoms with Gasteiger partial charge in [0, 0.05) is 11.8 Å². The number of carbonyl (C=O) groups excluding carboxylic acids is 1. The van der Waals surface area contributed by atoms with E-state index in [1.807, 2.05) is 0 Å². The zero-order valence-electron chi connectivity index (χ0n) is 13.1. The molecule has 2 atom stereocenters. The van der Waals surface area contributed by atoms with Crippen molar-refractivity contribution in [1.29, 1.82) is 0 Å². The maximum atomic E-state index is 12.6. The third kappa shape index (κ3) is 7.18. The SMILES string of the molecule is CCCCC(CCC)C(=O)C(CCC)CCCC. The summed E-state index contributed by atoms with van der Waals surface area (Å²) in [7, 11) is 0. The summed E-state index contributed by atoms with van der Waals surface area (Å²) in [4.78, 5) is 12.6. The van der Waals surface area contributed by atoms with E-state index >= 15 is 0 Å². The van der Waals surface area contributed by atoms with Crippen LogP contribution in [-0.4, -0.2) is 5.78 Å². The van der Waals surface area contributed by atoms with E-state index in [1.54, 1.807) is 0 Å². The van der Waals surface area contributed by atoms with Gasteiger partial charge in [-0.15, -0.1) is 0 Å². The minimum atomic E-state index is 0.350. The van der Waals surface area contributed by atoms with Gasteiger partial charge >= 0.3 is 0 Å². The highest BCUT2D eigenvalue weighted by molar-refractivity contribution is 5.83. The number of ketones is 1. The number of hydrogen-bond acceptors (Lipinski definition) is 1. The average Bonchev–Trinajstić information content (AvgIpc) is 2.38. The van der Waals surface area contributed by atoms with Crippen LogP contribution in [0.15, 0.2) is 0 Å². The lowest BCUT2D eigenvalue weighted by atomic mass is 9.82. The van der Waals surface area contributed by atoms with Crippen LogP contribution in [0.1, 0.15) is 91.9 Å². The van der Waals surface area contributed by atoms with Crippen LogP contribution < -0.4 is 0 Å². The normalized spacial score (nSPS) is 14.4. The van der Waals surface area contributed by atoms with E-state index in [9.17, 15) is 4.79 Å². The Labute approximate surface area is 115 Å². The Morgan fingerprint density at radius 2 is 1.06 bits per heavy atom. The van der Waals surface area contributed by atoms with Gasteiger partial charge in [0.15, 0.2) is 0 Å². The topological polar surface area (TPSA) is 17.1 Å². The zero-order valence-corrected chi connectivity index (χ0v) is 13.1. The third-order valence-corrected chi connectivity index (χ3v) is 3.89. The molecule has 1 heteroatoms. The Kier molecular flexibility index (Phi) is 11.5. The molecule has 0 amide bonds. The molecule has 0 saturated carbocycles. The summed E-state index contributed by atoms with van der Waals surface area (Å²) < 4.78 is 0. The Morgan fingerprint density at radius 1 is 0.667 bits per heavy atom. The molecule has 18 heavy (non-hydrogen) atoms. The summed E-state index contributed by atoms with van der Waals surface area (Å²) in [5.74, 6) is 1.28. The minimum absolute atomic E-state index is 0.350. The second kappa shape index (κ2) is 11.7. The smallest absolute Gasteiger partial charge is 0.139 e. The highest BCUT2D eigenvalue weighted by Crippen LogP contribution is 2.25. The van der Waals surface area contributed by atoms with Crippen LogP contribution in [0.5, 0.6) is 0 Å². The van der Waals surface area contributed by atoms with Gasteiger partial charge in [-0.2, -0.15) is 0 Å². The number of unbranched alkanes of at least 4 members (excludes halogenated alkanes) is 2. The van der Waals surface area contributed by atoms with Crippen LogP contribution in [0.3, 0.4) is 0 Å². The van der Waals surface area contributed by atoms with Gasteiger partial charge in [-0.05, 0) is 25.7 Å². The van der Waals surface area contributed by atoms with Crippen LogP contribution >= 0.6 is 0 Å². The van der Waals surface area contributed by atoms with Crippen molar-refractivity contribution in [2.24, 2.45) is 11.8 Å². The molecule has 0 bridgehead atoms. The molecule has 108 valence electrons. The number of rotatable bonds is 12. The van der Waals surface area contributed by atoms with Crippen LogP contribution in [0.25, 0.3) is 0 Å². The molecule has 0 saturated heterocycles. The molecule has 0 spiro atoms. The van der Waals surface area contributed by atoms with Crippen LogP contribution in [-0.2, 0) is 4.79 Å². The van der Waals surface area contributed by atoms with Gasteiger partial charge in [0.05, 0.1) is 0 Å². The molecule has 0 aliphatic carbocycles. The van der Waals surface area contributed by atoms with Crippen molar-refractivity contribution in [2.75, 3.05) is 0 Å². The van der Waals surface area contributed by atoms with Crippen molar-refractivity contribution in [2.45, 2.75) is 91.9 Å². The summed E-state index contributed by atoms with van der Waals surface area (Å²) in [6.45, 7) is 8.84. The third-order valence-electron chi connectivity index (χ3n) is 3.89. The average molecular weight is 254 g/mol. The predicted octanol–water partition coefficient (Wildman–Crippen LogP) is 5.77. The summed E-state index contributed by atoms with van der Waals surface area (Å²) in [6.07, 6.45) is 11.6. The Balaban J connectivity index is 4.43. The predicted molar refractivity (Wildman–Crippen MR) is 80.9 cm³/mol. The van der Waals surface area contributed by atoms with Crippen LogP contribution in [0.2, 0.25) is 0 Å². The Bertz CT molecular complexity index is 178. The van der Waals surface area contributed by atoms with E-state index in [4.69, 9.17) is 0 Å². The lowest BCUT2D eigenvalue weighted by Gasteiger charge is -2.22. The van der Waals surface area contributed by atoms with E-state index in [0.29, 0.717) is 17.6 Å². The van der Waals surface area contributed by atoms with Crippen molar-refractivity contribution < 1.29 is 4.79 Å².